The Morgan fingerprint density at radius 1 is 1.35 bits per heavy atom. The Kier molecular flexibility index (Phi) is 4.20. The number of nitrogens with zero attached hydrogens (tertiary/aromatic N) is 3. The summed E-state index contributed by atoms with van der Waals surface area (Å²) in [5, 5.41) is 16.3. The second kappa shape index (κ2) is 5.73. The number of hydrogen-bond acceptors (Lipinski definition) is 4. The van der Waals surface area contributed by atoms with Crippen LogP contribution in [0, 0.1) is 18.8 Å². The number of hydrogen-bond donors (Lipinski definition) is 2. The molecule has 2 atom stereocenters. The molecule has 0 radical (unpaired) electrons. The minimum Gasteiger partial charge on any atom is -0.474 e. The summed E-state index contributed by atoms with van der Waals surface area (Å²) in [6.07, 6.45) is 3.47. The molecular formula is C14H24N4O2. The van der Waals surface area contributed by atoms with Crippen LogP contribution in [0.25, 0.3) is 0 Å². The van der Waals surface area contributed by atoms with E-state index in [4.69, 9.17) is 15.7 Å². The van der Waals surface area contributed by atoms with Crippen molar-refractivity contribution in [3.8, 4) is 5.88 Å². The van der Waals surface area contributed by atoms with Crippen molar-refractivity contribution >= 4 is 5.84 Å². The lowest BCUT2D eigenvalue weighted by Crippen LogP contribution is -2.30. The zero-order valence-electron chi connectivity index (χ0n) is 12.6. The Labute approximate surface area is 119 Å². The van der Waals surface area contributed by atoms with Gasteiger partial charge in [0.25, 0.3) is 0 Å². The van der Waals surface area contributed by atoms with E-state index in [-0.39, 0.29) is 11.9 Å². The van der Waals surface area contributed by atoms with E-state index in [0.717, 1.165) is 12.8 Å². The molecular weight excluding hydrogens is 256 g/mol. The molecule has 0 amide bonds. The Hall–Kier alpha value is -1.72. The average Bonchev–Trinajstić information content (AvgIpc) is 2.62. The lowest BCUT2D eigenvalue weighted by molar-refractivity contribution is 0.0923. The largest absolute Gasteiger partial charge is 0.474 e. The number of amidine groups is 1. The van der Waals surface area contributed by atoms with E-state index in [1.807, 2.05) is 14.0 Å². The van der Waals surface area contributed by atoms with Crippen LogP contribution in [-0.2, 0) is 7.05 Å². The van der Waals surface area contributed by atoms with Crippen LogP contribution in [-0.4, -0.2) is 26.9 Å². The van der Waals surface area contributed by atoms with Gasteiger partial charge in [0.2, 0.25) is 5.88 Å². The second-order valence-corrected chi connectivity index (χ2v) is 6.03. The minimum atomic E-state index is 0.0440. The topological polar surface area (TPSA) is 85.7 Å². The summed E-state index contributed by atoms with van der Waals surface area (Å²) in [5.41, 5.74) is 7.02. The first-order chi connectivity index (χ1) is 9.42. The van der Waals surface area contributed by atoms with Crippen molar-refractivity contribution in [1.82, 2.24) is 9.78 Å². The molecule has 20 heavy (non-hydrogen) atoms. The first kappa shape index (κ1) is 14.7. The van der Waals surface area contributed by atoms with Gasteiger partial charge in [-0.1, -0.05) is 19.0 Å². The molecule has 0 bridgehead atoms. The number of rotatable bonds is 3. The van der Waals surface area contributed by atoms with Crippen LogP contribution in [0.5, 0.6) is 5.88 Å². The van der Waals surface area contributed by atoms with Crippen molar-refractivity contribution in [2.75, 3.05) is 0 Å². The molecule has 6 nitrogen and oxygen atoms in total. The summed E-state index contributed by atoms with van der Waals surface area (Å²) in [7, 11) is 1.81. The lowest BCUT2D eigenvalue weighted by atomic mass is 9.82. The monoisotopic (exact) mass is 280 g/mol. The fourth-order valence-electron chi connectivity index (χ4n) is 3.24. The molecule has 6 heteroatoms. The molecule has 1 aromatic rings. The molecule has 0 spiro atoms. The number of ether oxygens (including phenoxy) is 1. The molecule has 1 fully saturated rings. The molecule has 1 aromatic heterocycles. The standard InChI is InChI=1S/C14H24N4O2/c1-8-5-9(2)7-11(6-8)20-14-12(13(15)17-19)10(3)16-18(14)4/h8-9,11,19H,5-7H2,1-4H3,(H2,15,17). The Morgan fingerprint density at radius 3 is 2.50 bits per heavy atom. The SMILES string of the molecule is Cc1nn(C)c(OC2CC(C)CC(C)C2)c1C(N)=NO. The third kappa shape index (κ3) is 2.89. The first-order valence-corrected chi connectivity index (χ1v) is 7.10. The van der Waals surface area contributed by atoms with Crippen molar-refractivity contribution in [2.45, 2.75) is 46.1 Å². The van der Waals surface area contributed by atoms with Crippen LogP contribution in [0.1, 0.15) is 44.4 Å². The molecule has 1 aliphatic carbocycles. The Morgan fingerprint density at radius 2 is 1.95 bits per heavy atom. The van der Waals surface area contributed by atoms with E-state index in [0.29, 0.717) is 29.0 Å². The fraction of sp³-hybridized carbons (Fsp3) is 0.714. The summed E-state index contributed by atoms with van der Waals surface area (Å²) >= 11 is 0. The summed E-state index contributed by atoms with van der Waals surface area (Å²) in [6, 6.07) is 0. The lowest BCUT2D eigenvalue weighted by Gasteiger charge is -2.31. The third-order valence-corrected chi connectivity index (χ3v) is 3.95. The average molecular weight is 280 g/mol. The highest BCUT2D eigenvalue weighted by Crippen LogP contribution is 2.32. The maximum absolute atomic E-state index is 8.91. The van der Waals surface area contributed by atoms with Crippen LogP contribution in [0.3, 0.4) is 0 Å². The highest BCUT2D eigenvalue weighted by molar-refractivity contribution is 6.00. The molecule has 0 saturated heterocycles. The van der Waals surface area contributed by atoms with Gasteiger partial charge < -0.3 is 15.7 Å². The molecule has 112 valence electrons. The normalized spacial score (nSPS) is 27.6. The van der Waals surface area contributed by atoms with Gasteiger partial charge >= 0.3 is 0 Å². The molecule has 1 heterocycles. The minimum absolute atomic E-state index is 0.0440. The van der Waals surface area contributed by atoms with Crippen molar-refractivity contribution in [3.05, 3.63) is 11.3 Å². The fourth-order valence-corrected chi connectivity index (χ4v) is 3.24. The smallest absolute Gasteiger partial charge is 0.223 e. The maximum atomic E-state index is 8.91. The summed E-state index contributed by atoms with van der Waals surface area (Å²) in [4.78, 5) is 0. The van der Waals surface area contributed by atoms with Crippen molar-refractivity contribution in [1.29, 1.82) is 0 Å². The van der Waals surface area contributed by atoms with Gasteiger partial charge in [-0.3, -0.25) is 0 Å². The molecule has 2 rings (SSSR count). The quantitative estimate of drug-likeness (QED) is 0.384. The second-order valence-electron chi connectivity index (χ2n) is 6.03. The number of aromatic nitrogens is 2. The zero-order valence-corrected chi connectivity index (χ0v) is 12.6. The van der Waals surface area contributed by atoms with Crippen LogP contribution < -0.4 is 10.5 Å². The van der Waals surface area contributed by atoms with E-state index in [1.54, 1.807) is 4.68 Å². The van der Waals surface area contributed by atoms with E-state index < -0.39 is 0 Å². The van der Waals surface area contributed by atoms with Gasteiger partial charge in [-0.2, -0.15) is 5.10 Å². The summed E-state index contributed by atoms with van der Waals surface area (Å²) < 4.78 is 7.79. The van der Waals surface area contributed by atoms with E-state index in [1.165, 1.54) is 6.42 Å². The van der Waals surface area contributed by atoms with Gasteiger partial charge in [0.15, 0.2) is 5.84 Å². The molecule has 2 unspecified atom stereocenters. The van der Waals surface area contributed by atoms with Crippen molar-refractivity contribution in [3.63, 3.8) is 0 Å². The van der Waals surface area contributed by atoms with Crippen LogP contribution >= 0.6 is 0 Å². The van der Waals surface area contributed by atoms with Crippen LogP contribution in [0.15, 0.2) is 5.16 Å². The maximum Gasteiger partial charge on any atom is 0.223 e. The molecule has 1 aliphatic rings. The molecule has 1 saturated carbocycles. The van der Waals surface area contributed by atoms with E-state index in [9.17, 15) is 0 Å². The van der Waals surface area contributed by atoms with E-state index in [2.05, 4.69) is 24.1 Å². The van der Waals surface area contributed by atoms with Gasteiger partial charge in [-0.25, -0.2) is 4.68 Å². The predicted molar refractivity (Wildman–Crippen MR) is 77.1 cm³/mol. The number of nitrogens with two attached hydrogens (primary N) is 1. The molecule has 3 N–H and O–H groups in total. The van der Waals surface area contributed by atoms with Gasteiger partial charge in [-0.05, 0) is 38.0 Å². The highest BCUT2D eigenvalue weighted by atomic mass is 16.5. The number of oxime groups is 1. The van der Waals surface area contributed by atoms with Gasteiger partial charge in [0.1, 0.15) is 11.7 Å². The highest BCUT2D eigenvalue weighted by Gasteiger charge is 2.28. The van der Waals surface area contributed by atoms with Crippen molar-refractivity contribution < 1.29 is 9.94 Å². The molecule has 0 aliphatic heterocycles. The first-order valence-electron chi connectivity index (χ1n) is 7.10. The van der Waals surface area contributed by atoms with Gasteiger partial charge in [0, 0.05) is 7.05 Å². The van der Waals surface area contributed by atoms with Crippen LogP contribution in [0.2, 0.25) is 0 Å². The van der Waals surface area contributed by atoms with Gasteiger partial charge in [0.05, 0.1) is 5.69 Å². The predicted octanol–water partition coefficient (Wildman–Crippen LogP) is 2.03. The summed E-state index contributed by atoms with van der Waals surface area (Å²) in [6.45, 7) is 6.34. The number of aryl methyl sites for hydroxylation is 2. The van der Waals surface area contributed by atoms with Crippen molar-refractivity contribution in [2.24, 2.45) is 29.8 Å². The van der Waals surface area contributed by atoms with E-state index >= 15 is 0 Å². The van der Waals surface area contributed by atoms with Gasteiger partial charge in [-0.15, -0.1) is 0 Å². The van der Waals surface area contributed by atoms with Crippen LogP contribution in [0.4, 0.5) is 0 Å². The third-order valence-electron chi connectivity index (χ3n) is 3.95. The Bertz CT molecular complexity index is 500. The Balaban J connectivity index is 2.25. The summed E-state index contributed by atoms with van der Waals surface area (Å²) in [5.74, 6) is 1.95. The zero-order chi connectivity index (χ0) is 14.9. The molecule has 0 aromatic carbocycles.